The van der Waals surface area contributed by atoms with Crippen LogP contribution in [-0.2, 0) is 0 Å². The normalized spacial score (nSPS) is 15.0. The summed E-state index contributed by atoms with van der Waals surface area (Å²) in [4.78, 5) is 52.4. The molecule has 7 aromatic rings. The fraction of sp³-hybridized carbons (Fsp3) is 0.306. The summed E-state index contributed by atoms with van der Waals surface area (Å²) in [5, 5.41) is 17.6. The topological polar surface area (TPSA) is 202 Å². The van der Waals surface area contributed by atoms with Gasteiger partial charge in [0, 0.05) is 69.7 Å². The number of nitrogens with two attached hydrogens (primary N) is 1. The predicted molar refractivity (Wildman–Crippen MR) is 211 cm³/mol. The lowest BCUT2D eigenvalue weighted by molar-refractivity contribution is -0.384. The number of aromatic amines is 1. The first-order chi connectivity index (χ1) is 26.2. The van der Waals surface area contributed by atoms with Crippen molar-refractivity contribution in [2.75, 3.05) is 59.5 Å². The van der Waals surface area contributed by atoms with Gasteiger partial charge in [-0.1, -0.05) is 19.4 Å². The number of rotatable bonds is 12. The Morgan fingerprint density at radius 3 is 2.72 bits per heavy atom. The number of benzene rings is 1. The van der Waals surface area contributed by atoms with E-state index in [0.717, 1.165) is 71.5 Å². The molecule has 1 saturated heterocycles. The first-order valence-electron chi connectivity index (χ1n) is 17.6. The third kappa shape index (κ3) is 6.25. The number of H-pyrrole nitrogens is 1. The molecule has 0 amide bonds. The van der Waals surface area contributed by atoms with Crippen molar-refractivity contribution < 1.29 is 4.92 Å². The van der Waals surface area contributed by atoms with E-state index in [2.05, 4.69) is 59.0 Å². The molecule has 2 atom stereocenters. The largest absolute Gasteiger partial charge is 0.378 e. The zero-order valence-electron chi connectivity index (χ0n) is 29.9. The summed E-state index contributed by atoms with van der Waals surface area (Å²) in [7, 11) is 3.96. The number of pyridine rings is 1. The van der Waals surface area contributed by atoms with Gasteiger partial charge in [-0.2, -0.15) is 4.98 Å². The van der Waals surface area contributed by atoms with Gasteiger partial charge in [-0.25, -0.2) is 29.9 Å². The molecule has 0 aliphatic carbocycles. The van der Waals surface area contributed by atoms with Crippen molar-refractivity contribution in [1.82, 2.24) is 44.4 Å². The monoisotopic (exact) mass is 747 g/mol. The van der Waals surface area contributed by atoms with E-state index in [0.29, 0.717) is 29.3 Å². The molecule has 6 aromatic heterocycles. The summed E-state index contributed by atoms with van der Waals surface area (Å²) in [5.74, 6) is 2.77. The molecule has 1 unspecified atom stereocenters. The minimum Gasteiger partial charge on any atom is -0.378 e. The average molecular weight is 748 g/mol. The Morgan fingerprint density at radius 1 is 1.06 bits per heavy atom. The zero-order valence-corrected chi connectivity index (χ0v) is 30.6. The van der Waals surface area contributed by atoms with Gasteiger partial charge in [-0.3, -0.25) is 14.7 Å². The van der Waals surface area contributed by atoms with E-state index in [-0.39, 0.29) is 28.9 Å². The maximum Gasteiger partial charge on any atom is 0.311 e. The lowest BCUT2D eigenvalue weighted by Gasteiger charge is -2.29. The maximum atomic E-state index is 11.3. The van der Waals surface area contributed by atoms with Crippen LogP contribution in [0.5, 0.6) is 0 Å². The molecule has 1 aliphatic rings. The van der Waals surface area contributed by atoms with Gasteiger partial charge in [0.2, 0.25) is 11.1 Å². The number of fused-ring (bicyclic) bond motifs is 3. The minimum atomic E-state index is -0.534. The van der Waals surface area contributed by atoms with Crippen LogP contribution in [0.15, 0.2) is 67.5 Å². The van der Waals surface area contributed by atoms with Crippen molar-refractivity contribution >= 4 is 79.3 Å². The van der Waals surface area contributed by atoms with Crippen LogP contribution in [0.3, 0.4) is 0 Å². The van der Waals surface area contributed by atoms with Crippen molar-refractivity contribution in [3.8, 4) is 5.69 Å². The number of halogens is 1. The van der Waals surface area contributed by atoms with Gasteiger partial charge in [0.1, 0.15) is 52.7 Å². The van der Waals surface area contributed by atoms with Gasteiger partial charge in [-0.15, -0.1) is 0 Å². The molecule has 0 spiro atoms. The molecule has 1 aliphatic heterocycles. The summed E-state index contributed by atoms with van der Waals surface area (Å²) in [6.07, 6.45) is 9.63. The van der Waals surface area contributed by atoms with Crippen LogP contribution < -0.4 is 25.8 Å². The third-order valence-electron chi connectivity index (χ3n) is 10.2. The summed E-state index contributed by atoms with van der Waals surface area (Å²) in [5.41, 5.74) is 8.71. The Balaban J connectivity index is 1.06. The molecular weight excluding hydrogens is 710 g/mol. The fourth-order valence-electron chi connectivity index (χ4n) is 7.35. The standard InChI is InChI=1S/C36H38ClN15O2/c1-4-6-21(48(2)28-10-9-27(52(53)54)30(38)45-28)17-40-32-25-13-16-51(34(25)44-20-42-32)26-8-5-7-23-29(26)46-36(37)47-35(23)49(3)22-12-15-50(18-22)33-24-11-14-39-31(24)41-19-43-33/h5,7-11,13-14,16,19-22H,4,6,12,15,17-18H2,1-3H3,(H2,38,45)(H,39,41,43)(H,40,42,44)/t21?,22-/m1/s1. The van der Waals surface area contributed by atoms with Gasteiger partial charge in [0.25, 0.3) is 0 Å². The molecule has 7 heterocycles. The first-order valence-corrected chi connectivity index (χ1v) is 18.0. The molecule has 0 radical (unpaired) electrons. The Hall–Kier alpha value is -6.36. The van der Waals surface area contributed by atoms with E-state index in [9.17, 15) is 10.1 Å². The first kappa shape index (κ1) is 34.7. The molecule has 0 saturated carbocycles. The molecule has 276 valence electrons. The summed E-state index contributed by atoms with van der Waals surface area (Å²) in [6, 6.07) is 13.1. The highest BCUT2D eigenvalue weighted by Gasteiger charge is 2.30. The van der Waals surface area contributed by atoms with E-state index in [1.807, 2.05) is 59.2 Å². The van der Waals surface area contributed by atoms with Crippen molar-refractivity contribution in [2.45, 2.75) is 38.3 Å². The second kappa shape index (κ2) is 14.2. The quantitative estimate of drug-likeness (QED) is 0.0791. The van der Waals surface area contributed by atoms with Gasteiger partial charge < -0.3 is 30.7 Å². The van der Waals surface area contributed by atoms with Gasteiger partial charge in [0.15, 0.2) is 0 Å². The number of aromatic nitrogens is 9. The molecule has 0 bridgehead atoms. The second-order valence-corrected chi connectivity index (χ2v) is 13.7. The molecule has 18 heteroatoms. The van der Waals surface area contributed by atoms with E-state index in [1.165, 1.54) is 12.4 Å². The average Bonchev–Trinajstić information content (AvgIpc) is 3.96. The number of likely N-dealkylation sites (N-methyl/N-ethyl adjacent to an activating group) is 2. The smallest absolute Gasteiger partial charge is 0.311 e. The molecule has 1 aromatic carbocycles. The van der Waals surface area contributed by atoms with Crippen LogP contribution in [0.4, 0.5) is 34.8 Å². The van der Waals surface area contributed by atoms with Crippen LogP contribution in [0.1, 0.15) is 26.2 Å². The predicted octanol–water partition coefficient (Wildman–Crippen LogP) is 5.61. The number of hydrogen-bond donors (Lipinski definition) is 3. The van der Waals surface area contributed by atoms with Gasteiger partial charge in [0.05, 0.1) is 21.4 Å². The van der Waals surface area contributed by atoms with Crippen LogP contribution >= 0.6 is 11.6 Å². The third-order valence-corrected chi connectivity index (χ3v) is 10.4. The maximum absolute atomic E-state index is 11.3. The Labute approximate surface area is 314 Å². The van der Waals surface area contributed by atoms with Crippen molar-refractivity contribution in [3.63, 3.8) is 0 Å². The van der Waals surface area contributed by atoms with E-state index >= 15 is 0 Å². The molecule has 4 N–H and O–H groups in total. The highest BCUT2D eigenvalue weighted by atomic mass is 35.5. The zero-order chi connectivity index (χ0) is 37.5. The molecule has 8 rings (SSSR count). The number of nitro groups is 1. The minimum absolute atomic E-state index is 0.00895. The van der Waals surface area contributed by atoms with Gasteiger partial charge in [-0.05, 0) is 54.8 Å². The van der Waals surface area contributed by atoms with Crippen molar-refractivity contribution in [1.29, 1.82) is 0 Å². The number of hydrogen-bond acceptors (Lipinski definition) is 14. The van der Waals surface area contributed by atoms with Crippen LogP contribution in [0, 0.1) is 10.1 Å². The highest BCUT2D eigenvalue weighted by Crippen LogP contribution is 2.35. The number of anilines is 5. The van der Waals surface area contributed by atoms with Crippen LogP contribution in [-0.4, -0.2) is 95.2 Å². The van der Waals surface area contributed by atoms with Gasteiger partial charge >= 0.3 is 5.69 Å². The number of para-hydroxylation sites is 1. The summed E-state index contributed by atoms with van der Waals surface area (Å²) >= 11 is 6.66. The van der Waals surface area contributed by atoms with Crippen LogP contribution in [0.25, 0.3) is 38.7 Å². The molecule has 1 fully saturated rings. The van der Waals surface area contributed by atoms with E-state index in [4.69, 9.17) is 27.3 Å². The Morgan fingerprint density at radius 2 is 1.91 bits per heavy atom. The lowest BCUT2D eigenvalue weighted by Crippen LogP contribution is -2.38. The SMILES string of the molecule is CCCC(CNc1ncnc2c1ccn2-c1cccc2c(N(C)[C@@H]3CCN(c4ncnc5[nH]ccc45)C3)nc(Cl)nc12)N(C)c1ccc([N+](=O)[O-])c(N)n1. The number of nitrogens with zero attached hydrogens (tertiary/aromatic N) is 12. The van der Waals surface area contributed by atoms with E-state index in [1.54, 1.807) is 12.4 Å². The summed E-state index contributed by atoms with van der Waals surface area (Å²) < 4.78 is 1.99. The summed E-state index contributed by atoms with van der Waals surface area (Å²) in [6.45, 7) is 4.24. The number of nitrogen functional groups attached to an aromatic ring is 1. The van der Waals surface area contributed by atoms with Crippen LogP contribution in [0.2, 0.25) is 5.28 Å². The van der Waals surface area contributed by atoms with Crippen molar-refractivity contribution in [2.24, 2.45) is 0 Å². The second-order valence-electron chi connectivity index (χ2n) is 13.3. The molecule has 54 heavy (non-hydrogen) atoms. The Kier molecular flexibility index (Phi) is 9.14. The molecule has 17 nitrogen and oxygen atoms in total. The number of nitrogens with one attached hydrogen (secondary N) is 2. The Bertz CT molecular complexity index is 2500. The molecular formula is C36H38ClN15O2. The van der Waals surface area contributed by atoms with E-state index < -0.39 is 4.92 Å². The highest BCUT2D eigenvalue weighted by molar-refractivity contribution is 6.29. The lowest BCUT2D eigenvalue weighted by atomic mass is 10.1. The van der Waals surface area contributed by atoms with Crippen molar-refractivity contribution in [3.05, 3.63) is 82.9 Å². The fourth-order valence-corrected chi connectivity index (χ4v) is 7.52.